The van der Waals surface area contributed by atoms with E-state index in [1.807, 2.05) is 23.2 Å². The maximum Gasteiger partial charge on any atom is 0.317 e. The second kappa shape index (κ2) is 8.78. The van der Waals surface area contributed by atoms with Crippen molar-refractivity contribution in [2.75, 3.05) is 44.2 Å². The molecule has 0 aliphatic carbocycles. The molecular formula is C20H30N4O3. The molecule has 0 bridgehead atoms. The van der Waals surface area contributed by atoms with E-state index >= 15 is 0 Å². The first-order valence-corrected chi connectivity index (χ1v) is 10.3. The van der Waals surface area contributed by atoms with E-state index in [0.29, 0.717) is 19.2 Å². The Bertz CT molecular complexity index is 629. The fourth-order valence-corrected chi connectivity index (χ4v) is 4.15. The molecule has 3 aliphatic rings. The van der Waals surface area contributed by atoms with Gasteiger partial charge in [-0.25, -0.2) is 9.78 Å². The van der Waals surface area contributed by atoms with Crippen LogP contribution >= 0.6 is 0 Å². The van der Waals surface area contributed by atoms with Gasteiger partial charge in [-0.2, -0.15) is 0 Å². The number of carbonyl (C=O) groups is 1. The summed E-state index contributed by atoms with van der Waals surface area (Å²) in [7, 11) is 0. The topological polar surface area (TPSA) is 66.9 Å². The van der Waals surface area contributed by atoms with Crippen LogP contribution in [0.3, 0.4) is 0 Å². The number of aromatic nitrogens is 1. The molecule has 3 saturated heterocycles. The summed E-state index contributed by atoms with van der Waals surface area (Å²) in [6.07, 6.45) is 8.58. The first-order chi connectivity index (χ1) is 13.3. The summed E-state index contributed by atoms with van der Waals surface area (Å²) in [4.78, 5) is 21.1. The van der Waals surface area contributed by atoms with Crippen LogP contribution in [0.15, 0.2) is 18.3 Å². The summed E-state index contributed by atoms with van der Waals surface area (Å²) in [6.45, 7) is 4.97. The Morgan fingerprint density at radius 2 is 2.15 bits per heavy atom. The Kier molecular flexibility index (Phi) is 5.97. The summed E-state index contributed by atoms with van der Waals surface area (Å²) < 4.78 is 11.8. The highest BCUT2D eigenvalue weighted by Gasteiger charge is 2.29. The minimum Gasteiger partial charge on any atom is -0.485 e. The fraction of sp³-hybridized carbons (Fsp3) is 0.700. The van der Waals surface area contributed by atoms with Crippen LogP contribution in [-0.2, 0) is 4.74 Å². The highest BCUT2D eigenvalue weighted by Crippen LogP contribution is 2.30. The standard InChI is InChI=1S/C20H30N4O3/c25-20(22-10-7-16-5-4-14-26-16)24-13-8-17(15-24)27-18-6-3-9-21-19(18)23-11-1-2-12-23/h3,6,9,16-17H,1-2,4-5,7-8,10-15H2,(H,22,25)/t16-,17+/m0/s1. The van der Waals surface area contributed by atoms with E-state index in [1.54, 1.807) is 0 Å². The Balaban J connectivity index is 1.25. The number of hydrogen-bond donors (Lipinski definition) is 1. The van der Waals surface area contributed by atoms with Crippen molar-refractivity contribution < 1.29 is 14.3 Å². The number of nitrogens with zero attached hydrogens (tertiary/aromatic N) is 3. The molecule has 0 saturated carbocycles. The normalized spacial score (nSPS) is 25.2. The van der Waals surface area contributed by atoms with Gasteiger partial charge in [0.25, 0.3) is 0 Å². The number of anilines is 1. The molecule has 1 N–H and O–H groups in total. The number of nitrogens with one attached hydrogen (secondary N) is 1. The first-order valence-electron chi connectivity index (χ1n) is 10.3. The van der Waals surface area contributed by atoms with Gasteiger partial charge in [-0.05, 0) is 44.2 Å². The van der Waals surface area contributed by atoms with Crippen molar-refractivity contribution in [3.8, 4) is 5.75 Å². The zero-order chi connectivity index (χ0) is 18.5. The van der Waals surface area contributed by atoms with Crippen LogP contribution in [0.1, 0.15) is 38.5 Å². The number of hydrogen-bond acceptors (Lipinski definition) is 5. The van der Waals surface area contributed by atoms with E-state index in [1.165, 1.54) is 12.8 Å². The largest absolute Gasteiger partial charge is 0.485 e. The predicted molar refractivity (Wildman–Crippen MR) is 103 cm³/mol. The SMILES string of the molecule is O=C(NCC[C@@H]1CCCO1)N1CC[C@@H](Oc2cccnc2N2CCCC2)C1. The van der Waals surface area contributed by atoms with Crippen LogP contribution in [0.25, 0.3) is 0 Å². The fourth-order valence-electron chi connectivity index (χ4n) is 4.15. The summed E-state index contributed by atoms with van der Waals surface area (Å²) in [5.74, 6) is 1.78. The van der Waals surface area contributed by atoms with Gasteiger partial charge in [0, 0.05) is 45.4 Å². The molecule has 4 heterocycles. The molecule has 7 nitrogen and oxygen atoms in total. The average molecular weight is 374 g/mol. The van der Waals surface area contributed by atoms with E-state index in [2.05, 4.69) is 15.2 Å². The average Bonchev–Trinajstić information content (AvgIpc) is 3.45. The zero-order valence-electron chi connectivity index (χ0n) is 15.9. The summed E-state index contributed by atoms with van der Waals surface area (Å²) >= 11 is 0. The number of likely N-dealkylation sites (tertiary alicyclic amines) is 1. The van der Waals surface area contributed by atoms with E-state index in [0.717, 1.165) is 63.5 Å². The molecule has 27 heavy (non-hydrogen) atoms. The van der Waals surface area contributed by atoms with E-state index < -0.39 is 0 Å². The molecular weight excluding hydrogens is 344 g/mol. The molecule has 0 radical (unpaired) electrons. The maximum absolute atomic E-state index is 12.4. The van der Waals surface area contributed by atoms with Crippen LogP contribution in [0.5, 0.6) is 5.75 Å². The molecule has 2 amide bonds. The lowest BCUT2D eigenvalue weighted by molar-refractivity contribution is 0.104. The summed E-state index contributed by atoms with van der Waals surface area (Å²) in [5.41, 5.74) is 0. The van der Waals surface area contributed by atoms with Crippen molar-refractivity contribution in [3.63, 3.8) is 0 Å². The first kappa shape index (κ1) is 18.3. The van der Waals surface area contributed by atoms with Gasteiger partial charge in [0.2, 0.25) is 0 Å². The van der Waals surface area contributed by atoms with Crippen molar-refractivity contribution in [3.05, 3.63) is 18.3 Å². The molecule has 0 unspecified atom stereocenters. The quantitative estimate of drug-likeness (QED) is 0.828. The van der Waals surface area contributed by atoms with E-state index in [9.17, 15) is 4.79 Å². The van der Waals surface area contributed by atoms with E-state index in [4.69, 9.17) is 9.47 Å². The van der Waals surface area contributed by atoms with Crippen molar-refractivity contribution in [2.24, 2.45) is 0 Å². The lowest BCUT2D eigenvalue weighted by Crippen LogP contribution is -2.40. The summed E-state index contributed by atoms with van der Waals surface area (Å²) in [6, 6.07) is 3.91. The smallest absolute Gasteiger partial charge is 0.317 e. The Morgan fingerprint density at radius 3 is 2.96 bits per heavy atom. The zero-order valence-corrected chi connectivity index (χ0v) is 15.9. The molecule has 1 aromatic rings. The molecule has 3 fully saturated rings. The molecule has 148 valence electrons. The molecule has 2 atom stereocenters. The van der Waals surface area contributed by atoms with Gasteiger partial charge in [-0.15, -0.1) is 0 Å². The Hall–Kier alpha value is -2.02. The number of amides is 2. The van der Waals surface area contributed by atoms with Crippen molar-refractivity contribution in [1.82, 2.24) is 15.2 Å². The van der Waals surface area contributed by atoms with Gasteiger partial charge in [0.15, 0.2) is 11.6 Å². The molecule has 4 rings (SSSR count). The third-order valence-electron chi connectivity index (χ3n) is 5.65. The molecule has 3 aliphatic heterocycles. The minimum atomic E-state index is 0.00468. The molecule has 1 aromatic heterocycles. The van der Waals surface area contributed by atoms with Crippen LogP contribution in [0.2, 0.25) is 0 Å². The third-order valence-corrected chi connectivity index (χ3v) is 5.65. The van der Waals surface area contributed by atoms with Crippen molar-refractivity contribution in [2.45, 2.75) is 50.7 Å². The van der Waals surface area contributed by atoms with Crippen molar-refractivity contribution >= 4 is 11.8 Å². The number of ether oxygens (including phenoxy) is 2. The molecule has 0 spiro atoms. The van der Waals surface area contributed by atoms with Crippen LogP contribution in [0, 0.1) is 0 Å². The van der Waals surface area contributed by atoms with Crippen LogP contribution < -0.4 is 15.0 Å². The summed E-state index contributed by atoms with van der Waals surface area (Å²) in [5, 5.41) is 3.02. The van der Waals surface area contributed by atoms with Crippen molar-refractivity contribution in [1.29, 1.82) is 0 Å². The lowest BCUT2D eigenvalue weighted by Gasteiger charge is -2.22. The second-order valence-corrected chi connectivity index (χ2v) is 7.65. The maximum atomic E-state index is 12.4. The Labute approximate surface area is 161 Å². The Morgan fingerprint density at radius 1 is 1.26 bits per heavy atom. The van der Waals surface area contributed by atoms with Gasteiger partial charge >= 0.3 is 6.03 Å². The monoisotopic (exact) mass is 374 g/mol. The molecule has 7 heteroatoms. The van der Waals surface area contributed by atoms with Gasteiger partial charge in [-0.3, -0.25) is 0 Å². The van der Waals surface area contributed by atoms with Gasteiger partial charge < -0.3 is 24.6 Å². The van der Waals surface area contributed by atoms with Gasteiger partial charge in [-0.1, -0.05) is 0 Å². The van der Waals surface area contributed by atoms with Crippen LogP contribution in [-0.4, -0.2) is 67.5 Å². The van der Waals surface area contributed by atoms with E-state index in [-0.39, 0.29) is 12.1 Å². The number of pyridine rings is 1. The third kappa shape index (κ3) is 4.64. The number of carbonyl (C=O) groups excluding carboxylic acids is 1. The lowest BCUT2D eigenvalue weighted by atomic mass is 10.2. The molecule has 0 aromatic carbocycles. The number of urea groups is 1. The highest BCUT2D eigenvalue weighted by atomic mass is 16.5. The number of rotatable bonds is 6. The van der Waals surface area contributed by atoms with Crippen LogP contribution in [0.4, 0.5) is 10.6 Å². The van der Waals surface area contributed by atoms with Gasteiger partial charge in [0.05, 0.1) is 12.6 Å². The minimum absolute atomic E-state index is 0.00468. The predicted octanol–water partition coefficient (Wildman–Crippen LogP) is 2.41. The highest BCUT2D eigenvalue weighted by molar-refractivity contribution is 5.74. The second-order valence-electron chi connectivity index (χ2n) is 7.65. The van der Waals surface area contributed by atoms with Gasteiger partial charge in [0.1, 0.15) is 6.10 Å².